The van der Waals surface area contributed by atoms with Crippen LogP contribution in [0.5, 0.6) is 5.75 Å². The minimum absolute atomic E-state index is 0.180. The van der Waals surface area contributed by atoms with Crippen molar-refractivity contribution in [2.24, 2.45) is 0 Å². The maximum atomic E-state index is 11.4. The smallest absolute Gasteiger partial charge is 0.397 e. The number of aryl methyl sites for hydroxylation is 2. The maximum Gasteiger partial charge on any atom is 0.397 e. The van der Waals surface area contributed by atoms with Crippen LogP contribution in [0, 0.1) is 13.8 Å². The first-order valence-corrected chi connectivity index (χ1v) is 5.84. The monoisotopic (exact) mass is 262 g/mol. The first-order valence-electron chi connectivity index (χ1n) is 5.84. The first kappa shape index (κ1) is 13.1. The van der Waals surface area contributed by atoms with Gasteiger partial charge in [-0.15, -0.1) is 0 Å². The summed E-state index contributed by atoms with van der Waals surface area (Å²) in [5.41, 5.74) is 2.09. The number of phenolic OH excluding ortho intramolecular Hbond substituents is 1. The van der Waals surface area contributed by atoms with Crippen LogP contribution in [0.3, 0.4) is 0 Å². The summed E-state index contributed by atoms with van der Waals surface area (Å²) in [5.74, 6) is -0.305. The predicted octanol–water partition coefficient (Wildman–Crippen LogP) is 2.24. The fraction of sp³-hybridized carbons (Fsp3) is 0.308. The lowest BCUT2D eigenvalue weighted by atomic mass is 10.1. The third-order valence-corrected chi connectivity index (χ3v) is 2.63. The Bertz CT molecular complexity index is 596. The Morgan fingerprint density at radius 1 is 1.37 bits per heavy atom. The van der Waals surface area contributed by atoms with E-state index in [1.807, 2.05) is 0 Å². The SMILES string of the molecule is CCOC(=O)c1nc(-c2cc(C)c(O)c(C)c2)no1. The molecule has 1 aromatic heterocycles. The molecule has 0 aliphatic rings. The molecule has 2 rings (SSSR count). The Kier molecular flexibility index (Phi) is 3.50. The van der Waals surface area contributed by atoms with Gasteiger partial charge >= 0.3 is 11.9 Å². The molecule has 6 heteroatoms. The summed E-state index contributed by atoms with van der Waals surface area (Å²) < 4.78 is 9.61. The van der Waals surface area contributed by atoms with E-state index in [2.05, 4.69) is 10.1 Å². The molecular formula is C13H14N2O4. The number of esters is 1. The number of aromatic nitrogens is 2. The molecule has 0 atom stereocenters. The van der Waals surface area contributed by atoms with E-state index < -0.39 is 5.97 Å². The zero-order valence-corrected chi connectivity index (χ0v) is 10.9. The molecule has 0 amide bonds. The number of ether oxygens (including phenoxy) is 1. The summed E-state index contributed by atoms with van der Waals surface area (Å²) >= 11 is 0. The zero-order chi connectivity index (χ0) is 14.0. The molecule has 0 aliphatic carbocycles. The summed E-state index contributed by atoms with van der Waals surface area (Å²) in [7, 11) is 0. The molecular weight excluding hydrogens is 248 g/mol. The summed E-state index contributed by atoms with van der Waals surface area (Å²) in [5, 5.41) is 13.4. The van der Waals surface area contributed by atoms with Crippen LogP contribution in [-0.4, -0.2) is 27.8 Å². The lowest BCUT2D eigenvalue weighted by molar-refractivity contribution is 0.0470. The highest BCUT2D eigenvalue weighted by Gasteiger charge is 2.17. The van der Waals surface area contributed by atoms with Crippen LogP contribution in [0.15, 0.2) is 16.7 Å². The van der Waals surface area contributed by atoms with Crippen molar-refractivity contribution in [3.8, 4) is 17.1 Å². The highest BCUT2D eigenvalue weighted by atomic mass is 16.6. The number of rotatable bonds is 3. The molecule has 6 nitrogen and oxygen atoms in total. The standard InChI is InChI=1S/C13H14N2O4/c1-4-18-13(17)12-14-11(15-19-12)9-5-7(2)10(16)8(3)6-9/h5-6,16H,4H2,1-3H3. The van der Waals surface area contributed by atoms with Gasteiger partial charge in [-0.1, -0.05) is 5.16 Å². The van der Waals surface area contributed by atoms with Gasteiger partial charge in [-0.25, -0.2) is 4.79 Å². The summed E-state index contributed by atoms with van der Waals surface area (Å²) in [6, 6.07) is 3.45. The normalized spacial score (nSPS) is 10.5. The molecule has 2 aromatic rings. The van der Waals surface area contributed by atoms with E-state index in [-0.39, 0.29) is 24.1 Å². The number of carbonyl (C=O) groups excluding carboxylic acids is 1. The number of hydrogen-bond acceptors (Lipinski definition) is 6. The van der Waals surface area contributed by atoms with E-state index in [9.17, 15) is 9.90 Å². The van der Waals surface area contributed by atoms with Gasteiger partial charge in [0.15, 0.2) is 0 Å². The van der Waals surface area contributed by atoms with E-state index >= 15 is 0 Å². The lowest BCUT2D eigenvalue weighted by Crippen LogP contribution is -2.04. The van der Waals surface area contributed by atoms with Crippen molar-refractivity contribution in [2.75, 3.05) is 6.61 Å². The Morgan fingerprint density at radius 3 is 2.58 bits per heavy atom. The molecule has 1 heterocycles. The summed E-state index contributed by atoms with van der Waals surface area (Å²) in [6.07, 6.45) is 0. The van der Waals surface area contributed by atoms with Crippen LogP contribution in [-0.2, 0) is 4.74 Å². The molecule has 0 saturated heterocycles. The molecule has 0 fully saturated rings. The first-order chi connectivity index (χ1) is 9.02. The molecule has 0 unspecified atom stereocenters. The highest BCUT2D eigenvalue weighted by Crippen LogP contribution is 2.27. The van der Waals surface area contributed by atoms with Crippen molar-refractivity contribution in [1.29, 1.82) is 0 Å². The van der Waals surface area contributed by atoms with Crippen molar-refractivity contribution in [2.45, 2.75) is 20.8 Å². The van der Waals surface area contributed by atoms with Gasteiger partial charge in [0.25, 0.3) is 0 Å². The molecule has 100 valence electrons. The van der Waals surface area contributed by atoms with Gasteiger partial charge in [-0.3, -0.25) is 0 Å². The number of hydrogen-bond donors (Lipinski definition) is 1. The third-order valence-electron chi connectivity index (χ3n) is 2.63. The minimum Gasteiger partial charge on any atom is -0.507 e. The van der Waals surface area contributed by atoms with Crippen molar-refractivity contribution < 1.29 is 19.2 Å². The third kappa shape index (κ3) is 2.57. The number of aromatic hydroxyl groups is 1. The Morgan fingerprint density at radius 2 is 2.00 bits per heavy atom. The van der Waals surface area contributed by atoms with Crippen molar-refractivity contribution in [3.05, 3.63) is 29.2 Å². The van der Waals surface area contributed by atoms with E-state index in [1.165, 1.54) is 0 Å². The molecule has 0 bridgehead atoms. The zero-order valence-electron chi connectivity index (χ0n) is 10.9. The average molecular weight is 262 g/mol. The van der Waals surface area contributed by atoms with Gasteiger partial charge in [0.2, 0.25) is 5.82 Å². The van der Waals surface area contributed by atoms with Gasteiger partial charge in [0.05, 0.1) is 6.61 Å². The van der Waals surface area contributed by atoms with E-state index in [0.717, 1.165) is 0 Å². The minimum atomic E-state index is -0.645. The van der Waals surface area contributed by atoms with Crippen LogP contribution in [0.4, 0.5) is 0 Å². The summed E-state index contributed by atoms with van der Waals surface area (Å²) in [6.45, 7) is 5.49. The molecule has 19 heavy (non-hydrogen) atoms. The van der Waals surface area contributed by atoms with Gasteiger partial charge in [-0.05, 0) is 44.0 Å². The van der Waals surface area contributed by atoms with Gasteiger partial charge < -0.3 is 14.4 Å². The average Bonchev–Trinajstić information content (AvgIpc) is 2.85. The van der Waals surface area contributed by atoms with Crippen molar-refractivity contribution in [3.63, 3.8) is 0 Å². The molecule has 0 radical (unpaired) electrons. The van der Waals surface area contributed by atoms with Crippen LogP contribution in [0.2, 0.25) is 0 Å². The number of nitrogens with zero attached hydrogens (tertiary/aromatic N) is 2. The summed E-state index contributed by atoms with van der Waals surface area (Å²) in [4.78, 5) is 15.4. The number of carbonyl (C=O) groups is 1. The van der Waals surface area contributed by atoms with Crippen molar-refractivity contribution in [1.82, 2.24) is 10.1 Å². The number of phenols is 1. The highest BCUT2D eigenvalue weighted by molar-refractivity contribution is 5.84. The largest absolute Gasteiger partial charge is 0.507 e. The fourth-order valence-electron chi connectivity index (χ4n) is 1.70. The fourth-order valence-corrected chi connectivity index (χ4v) is 1.70. The van der Waals surface area contributed by atoms with E-state index in [4.69, 9.17) is 9.26 Å². The van der Waals surface area contributed by atoms with Crippen LogP contribution in [0.1, 0.15) is 28.7 Å². The van der Waals surface area contributed by atoms with Gasteiger partial charge in [-0.2, -0.15) is 4.98 Å². The topological polar surface area (TPSA) is 85.5 Å². The molecule has 0 aliphatic heterocycles. The van der Waals surface area contributed by atoms with E-state index in [1.54, 1.807) is 32.9 Å². The van der Waals surface area contributed by atoms with E-state index in [0.29, 0.717) is 16.7 Å². The quantitative estimate of drug-likeness (QED) is 0.854. The second-order valence-corrected chi connectivity index (χ2v) is 4.10. The van der Waals surface area contributed by atoms with Crippen LogP contribution in [0.25, 0.3) is 11.4 Å². The number of benzene rings is 1. The molecule has 1 aromatic carbocycles. The Labute approximate surface area is 110 Å². The van der Waals surface area contributed by atoms with Gasteiger partial charge in [0, 0.05) is 5.56 Å². The van der Waals surface area contributed by atoms with Gasteiger partial charge in [0.1, 0.15) is 5.75 Å². The Hall–Kier alpha value is -2.37. The van der Waals surface area contributed by atoms with Crippen LogP contribution < -0.4 is 0 Å². The molecule has 1 N–H and O–H groups in total. The Balaban J connectivity index is 2.35. The second-order valence-electron chi connectivity index (χ2n) is 4.10. The van der Waals surface area contributed by atoms with Crippen LogP contribution >= 0.6 is 0 Å². The molecule has 0 spiro atoms. The maximum absolute atomic E-state index is 11.4. The van der Waals surface area contributed by atoms with Crippen molar-refractivity contribution >= 4 is 5.97 Å². The molecule has 0 saturated carbocycles. The predicted molar refractivity (Wildman–Crippen MR) is 66.8 cm³/mol. The second kappa shape index (κ2) is 5.09. The lowest BCUT2D eigenvalue weighted by Gasteiger charge is -2.04.